The first kappa shape index (κ1) is 17.0. The van der Waals surface area contributed by atoms with Gasteiger partial charge in [-0.15, -0.1) is 11.3 Å². The quantitative estimate of drug-likeness (QED) is 0.589. The zero-order valence-electron chi connectivity index (χ0n) is 13.0. The highest BCUT2D eigenvalue weighted by Crippen LogP contribution is 2.39. The van der Waals surface area contributed by atoms with Crippen molar-refractivity contribution in [1.29, 1.82) is 0 Å². The normalized spacial score (nSPS) is 10.4. The van der Waals surface area contributed by atoms with Crippen LogP contribution in [0.5, 0.6) is 0 Å². The van der Waals surface area contributed by atoms with Crippen molar-refractivity contribution in [1.82, 2.24) is 0 Å². The fourth-order valence-electron chi connectivity index (χ4n) is 2.35. The summed E-state index contributed by atoms with van der Waals surface area (Å²) in [6, 6.07) is 15.8. The molecule has 3 aromatic rings. The van der Waals surface area contributed by atoms with Gasteiger partial charge in [0.15, 0.2) is 0 Å². The maximum Gasteiger partial charge on any atom is 0.253 e. The SMILES string of the molecule is NC(=O)c1c(Nc2ccccc2Cl)sc(C(=O)c2ccccc2)c1N. The van der Waals surface area contributed by atoms with Crippen LogP contribution in [0, 0.1) is 0 Å². The maximum atomic E-state index is 12.7. The molecule has 0 aliphatic heterocycles. The van der Waals surface area contributed by atoms with E-state index in [1.807, 2.05) is 6.07 Å². The summed E-state index contributed by atoms with van der Waals surface area (Å²) in [5.74, 6) is -0.978. The van der Waals surface area contributed by atoms with Gasteiger partial charge >= 0.3 is 0 Å². The van der Waals surface area contributed by atoms with Gasteiger partial charge in [-0.2, -0.15) is 0 Å². The highest BCUT2D eigenvalue weighted by molar-refractivity contribution is 7.19. The number of hydrogen-bond donors (Lipinski definition) is 3. The summed E-state index contributed by atoms with van der Waals surface area (Å²) < 4.78 is 0. The Hall–Kier alpha value is -2.83. The van der Waals surface area contributed by atoms with Crippen LogP contribution in [0.2, 0.25) is 5.02 Å². The number of hydrogen-bond acceptors (Lipinski definition) is 5. The number of thiophene rings is 1. The number of ketones is 1. The average molecular weight is 372 g/mol. The number of nitrogens with one attached hydrogen (secondary N) is 1. The molecule has 5 N–H and O–H groups in total. The molecular weight excluding hydrogens is 358 g/mol. The summed E-state index contributed by atoms with van der Waals surface area (Å²) in [5, 5.41) is 3.90. The van der Waals surface area contributed by atoms with E-state index in [1.165, 1.54) is 0 Å². The predicted octanol–water partition coefficient (Wildman–Crippen LogP) is 4.06. The maximum absolute atomic E-state index is 12.7. The minimum absolute atomic E-state index is 0.0703. The number of carbonyl (C=O) groups excluding carboxylic acids is 2. The number of rotatable bonds is 5. The largest absolute Gasteiger partial charge is 0.397 e. The molecule has 3 rings (SSSR count). The van der Waals surface area contributed by atoms with Crippen molar-refractivity contribution >= 4 is 51.0 Å². The number of primary amides is 1. The number of para-hydroxylation sites is 1. The molecule has 0 unspecified atom stereocenters. The topological polar surface area (TPSA) is 98.2 Å². The number of anilines is 3. The van der Waals surface area contributed by atoms with Gasteiger partial charge in [-0.1, -0.05) is 54.1 Å². The summed E-state index contributed by atoms with van der Waals surface area (Å²) in [7, 11) is 0. The Morgan fingerprint density at radius 1 is 1.00 bits per heavy atom. The molecule has 0 saturated carbocycles. The monoisotopic (exact) mass is 371 g/mol. The number of benzene rings is 2. The molecule has 0 radical (unpaired) electrons. The van der Waals surface area contributed by atoms with E-state index in [9.17, 15) is 9.59 Å². The summed E-state index contributed by atoms with van der Waals surface area (Å²) in [5.41, 5.74) is 12.7. The van der Waals surface area contributed by atoms with Crippen molar-refractivity contribution in [3.63, 3.8) is 0 Å². The number of carbonyl (C=O) groups is 2. The highest BCUT2D eigenvalue weighted by Gasteiger charge is 2.25. The number of nitrogens with two attached hydrogens (primary N) is 2. The predicted molar refractivity (Wildman–Crippen MR) is 102 cm³/mol. The van der Waals surface area contributed by atoms with Gasteiger partial charge in [0.1, 0.15) is 9.88 Å². The Labute approximate surface area is 153 Å². The van der Waals surface area contributed by atoms with E-state index in [-0.39, 0.29) is 21.9 Å². The van der Waals surface area contributed by atoms with Gasteiger partial charge in [0.25, 0.3) is 5.91 Å². The Balaban J connectivity index is 2.06. The molecule has 5 nitrogen and oxygen atoms in total. The standard InChI is InChI=1S/C18H14ClN3O2S/c19-11-8-4-5-9-12(11)22-18-13(17(21)24)14(20)16(25-18)15(23)10-6-2-1-3-7-10/h1-9,22H,20H2,(H2,21,24). The fraction of sp³-hybridized carbons (Fsp3) is 0. The second-order valence-corrected chi connectivity index (χ2v) is 6.64. The van der Waals surface area contributed by atoms with E-state index < -0.39 is 5.91 Å². The van der Waals surface area contributed by atoms with Crippen LogP contribution in [0.25, 0.3) is 0 Å². The molecular formula is C18H14ClN3O2S. The minimum Gasteiger partial charge on any atom is -0.397 e. The van der Waals surface area contributed by atoms with Crippen molar-refractivity contribution < 1.29 is 9.59 Å². The van der Waals surface area contributed by atoms with Crippen molar-refractivity contribution in [2.24, 2.45) is 5.73 Å². The van der Waals surface area contributed by atoms with Crippen LogP contribution in [0.4, 0.5) is 16.4 Å². The van der Waals surface area contributed by atoms with Crippen molar-refractivity contribution in [3.8, 4) is 0 Å². The van der Waals surface area contributed by atoms with Crippen molar-refractivity contribution in [3.05, 3.63) is 75.6 Å². The van der Waals surface area contributed by atoms with Crippen LogP contribution in [0.3, 0.4) is 0 Å². The van der Waals surface area contributed by atoms with Crippen LogP contribution in [-0.4, -0.2) is 11.7 Å². The summed E-state index contributed by atoms with van der Waals surface area (Å²) in [6.07, 6.45) is 0. The van der Waals surface area contributed by atoms with E-state index in [4.69, 9.17) is 23.1 Å². The lowest BCUT2D eigenvalue weighted by molar-refractivity contribution is 0.100. The number of halogens is 1. The third kappa shape index (κ3) is 3.35. The van der Waals surface area contributed by atoms with Gasteiger partial charge in [-0.25, -0.2) is 0 Å². The molecule has 25 heavy (non-hydrogen) atoms. The zero-order chi connectivity index (χ0) is 18.0. The lowest BCUT2D eigenvalue weighted by Crippen LogP contribution is -2.14. The lowest BCUT2D eigenvalue weighted by atomic mass is 10.1. The third-order valence-electron chi connectivity index (χ3n) is 3.56. The van der Waals surface area contributed by atoms with Gasteiger partial charge in [-0.05, 0) is 12.1 Å². The van der Waals surface area contributed by atoms with Gasteiger partial charge < -0.3 is 16.8 Å². The number of nitrogen functional groups attached to an aromatic ring is 1. The van der Waals surface area contributed by atoms with Crippen molar-refractivity contribution in [2.75, 3.05) is 11.1 Å². The first-order valence-electron chi connectivity index (χ1n) is 7.32. The van der Waals surface area contributed by atoms with Gasteiger partial charge in [0.2, 0.25) is 5.78 Å². The minimum atomic E-state index is -0.713. The molecule has 2 aromatic carbocycles. The van der Waals surface area contributed by atoms with Crippen LogP contribution in [0.15, 0.2) is 54.6 Å². The molecule has 126 valence electrons. The molecule has 0 atom stereocenters. The fourth-order valence-corrected chi connectivity index (χ4v) is 3.63. The first-order chi connectivity index (χ1) is 12.0. The molecule has 1 aromatic heterocycles. The molecule has 0 saturated heterocycles. The smallest absolute Gasteiger partial charge is 0.253 e. The van der Waals surface area contributed by atoms with Gasteiger partial charge in [0.05, 0.1) is 22.0 Å². The summed E-state index contributed by atoms with van der Waals surface area (Å²) in [4.78, 5) is 24.8. The molecule has 0 bridgehead atoms. The molecule has 0 aliphatic carbocycles. The zero-order valence-corrected chi connectivity index (χ0v) is 14.5. The molecule has 0 aliphatic rings. The van der Waals surface area contributed by atoms with Crippen LogP contribution < -0.4 is 16.8 Å². The highest BCUT2D eigenvalue weighted by atomic mass is 35.5. The Morgan fingerprint density at radius 3 is 2.28 bits per heavy atom. The van der Waals surface area contributed by atoms with Crippen molar-refractivity contribution in [2.45, 2.75) is 0 Å². The molecule has 1 heterocycles. The van der Waals surface area contributed by atoms with Gasteiger partial charge in [0, 0.05) is 5.56 Å². The summed E-state index contributed by atoms with van der Waals surface area (Å²) >= 11 is 7.21. The van der Waals surface area contributed by atoms with Gasteiger partial charge in [-0.3, -0.25) is 9.59 Å². The van der Waals surface area contributed by atoms with E-state index in [0.29, 0.717) is 21.3 Å². The molecule has 1 amide bonds. The van der Waals surface area contributed by atoms with Crippen LogP contribution >= 0.6 is 22.9 Å². The van der Waals surface area contributed by atoms with E-state index in [0.717, 1.165) is 11.3 Å². The lowest BCUT2D eigenvalue weighted by Gasteiger charge is -2.07. The first-order valence-corrected chi connectivity index (χ1v) is 8.52. The second kappa shape index (κ2) is 6.96. The summed E-state index contributed by atoms with van der Waals surface area (Å²) in [6.45, 7) is 0. The Kier molecular flexibility index (Phi) is 4.74. The third-order valence-corrected chi connectivity index (χ3v) is 5.01. The van der Waals surface area contributed by atoms with E-state index in [1.54, 1.807) is 48.5 Å². The number of amides is 1. The van der Waals surface area contributed by atoms with Crippen LogP contribution in [0.1, 0.15) is 25.6 Å². The Morgan fingerprint density at radius 2 is 1.64 bits per heavy atom. The molecule has 0 spiro atoms. The van der Waals surface area contributed by atoms with E-state index in [2.05, 4.69) is 5.32 Å². The van der Waals surface area contributed by atoms with E-state index >= 15 is 0 Å². The Bertz CT molecular complexity index is 954. The second-order valence-electron chi connectivity index (χ2n) is 5.21. The average Bonchev–Trinajstić information content (AvgIpc) is 2.93. The molecule has 7 heteroatoms. The van der Waals surface area contributed by atoms with Crippen LogP contribution in [-0.2, 0) is 0 Å². The molecule has 0 fully saturated rings.